The molecule has 0 atom stereocenters. The third kappa shape index (κ3) is 2.66. The van der Waals surface area contributed by atoms with Gasteiger partial charge in [0.2, 0.25) is 0 Å². The zero-order valence-corrected chi connectivity index (χ0v) is 12.4. The van der Waals surface area contributed by atoms with Crippen LogP contribution in [0, 0.1) is 10.1 Å². The van der Waals surface area contributed by atoms with E-state index in [4.69, 9.17) is 5.73 Å². The third-order valence-corrected chi connectivity index (χ3v) is 4.10. The van der Waals surface area contributed by atoms with E-state index in [0.29, 0.717) is 28.4 Å². The van der Waals surface area contributed by atoms with Gasteiger partial charge in [-0.15, -0.1) is 0 Å². The van der Waals surface area contributed by atoms with Crippen LogP contribution < -0.4 is 10.6 Å². The number of fused-ring (bicyclic) bond motifs is 1. The highest BCUT2D eigenvalue weighted by Gasteiger charge is 2.17. The van der Waals surface area contributed by atoms with E-state index in [1.165, 1.54) is 12.4 Å². The van der Waals surface area contributed by atoms with Crippen LogP contribution in [-0.4, -0.2) is 26.9 Å². The number of pyridine rings is 1. The molecule has 0 aliphatic rings. The molecule has 0 spiro atoms. The Labute approximate surface area is 129 Å². The summed E-state index contributed by atoms with van der Waals surface area (Å²) in [4.78, 5) is 25.4. The molecule has 3 aromatic heterocycles. The van der Waals surface area contributed by atoms with Crippen molar-refractivity contribution < 1.29 is 4.92 Å². The number of thiophene rings is 1. The monoisotopic (exact) mass is 316 g/mol. The summed E-state index contributed by atoms with van der Waals surface area (Å²) in [5.74, 6) is 1.11. The summed E-state index contributed by atoms with van der Waals surface area (Å²) in [6.07, 6.45) is 3.11. The number of nitrogens with two attached hydrogens (primary N) is 1. The lowest BCUT2D eigenvalue weighted by Gasteiger charge is -2.18. The van der Waals surface area contributed by atoms with Crippen molar-refractivity contribution in [2.75, 3.05) is 17.7 Å². The molecule has 0 unspecified atom stereocenters. The molecule has 0 fully saturated rings. The summed E-state index contributed by atoms with van der Waals surface area (Å²) >= 11 is 1.04. The topological polar surface area (TPSA) is 111 Å². The molecule has 22 heavy (non-hydrogen) atoms. The summed E-state index contributed by atoms with van der Waals surface area (Å²) in [6.45, 7) is 0.559. The fourth-order valence-corrected chi connectivity index (χ4v) is 2.91. The Hall–Kier alpha value is -2.81. The van der Waals surface area contributed by atoms with E-state index in [-0.39, 0.29) is 5.00 Å². The molecular weight excluding hydrogens is 304 g/mol. The van der Waals surface area contributed by atoms with Gasteiger partial charge in [0.25, 0.3) is 0 Å². The van der Waals surface area contributed by atoms with Crippen molar-refractivity contribution in [3.05, 3.63) is 46.4 Å². The molecule has 3 heterocycles. The maximum absolute atomic E-state index is 10.9. The zero-order valence-electron chi connectivity index (χ0n) is 11.6. The van der Waals surface area contributed by atoms with Crippen molar-refractivity contribution in [2.45, 2.75) is 6.54 Å². The molecule has 112 valence electrons. The van der Waals surface area contributed by atoms with Gasteiger partial charge in [-0.1, -0.05) is 6.07 Å². The van der Waals surface area contributed by atoms with Crippen molar-refractivity contribution in [1.29, 1.82) is 0 Å². The highest BCUT2D eigenvalue weighted by molar-refractivity contribution is 7.21. The number of nitrogens with zero attached hydrogens (tertiary/aromatic N) is 5. The molecular formula is C13H12N6O2S. The van der Waals surface area contributed by atoms with Crippen LogP contribution >= 0.6 is 11.3 Å². The van der Waals surface area contributed by atoms with Gasteiger partial charge in [-0.3, -0.25) is 10.1 Å². The van der Waals surface area contributed by atoms with Gasteiger partial charge < -0.3 is 10.6 Å². The Morgan fingerprint density at radius 1 is 1.36 bits per heavy atom. The van der Waals surface area contributed by atoms with Crippen LogP contribution in [0.4, 0.5) is 16.6 Å². The first-order valence-electron chi connectivity index (χ1n) is 6.35. The summed E-state index contributed by atoms with van der Waals surface area (Å²) < 4.78 is 0. The fraction of sp³-hybridized carbons (Fsp3) is 0.154. The first-order valence-corrected chi connectivity index (χ1v) is 7.16. The van der Waals surface area contributed by atoms with Crippen LogP contribution in [0.2, 0.25) is 0 Å². The molecule has 8 nitrogen and oxygen atoms in total. The largest absolute Gasteiger partial charge is 0.384 e. The van der Waals surface area contributed by atoms with Crippen molar-refractivity contribution >= 4 is 38.2 Å². The van der Waals surface area contributed by atoms with E-state index >= 15 is 0 Å². The molecule has 0 aliphatic heterocycles. The van der Waals surface area contributed by atoms with Crippen LogP contribution in [0.3, 0.4) is 0 Å². The maximum atomic E-state index is 10.9. The Morgan fingerprint density at radius 3 is 2.86 bits per heavy atom. The number of nitrogen functional groups attached to an aromatic ring is 1. The summed E-state index contributed by atoms with van der Waals surface area (Å²) in [7, 11) is 1.86. The molecule has 0 saturated heterocycles. The second kappa shape index (κ2) is 5.53. The Kier molecular flexibility index (Phi) is 3.55. The minimum absolute atomic E-state index is 0.0549. The summed E-state index contributed by atoms with van der Waals surface area (Å²) in [5.41, 5.74) is 6.53. The molecule has 3 aromatic rings. The summed E-state index contributed by atoms with van der Waals surface area (Å²) in [5, 5.41) is 11.6. The molecule has 0 bridgehead atoms. The van der Waals surface area contributed by atoms with Crippen molar-refractivity contribution in [1.82, 2.24) is 15.0 Å². The number of rotatable bonds is 4. The van der Waals surface area contributed by atoms with E-state index in [1.807, 2.05) is 18.0 Å². The van der Waals surface area contributed by atoms with Crippen LogP contribution in [0.25, 0.3) is 10.2 Å². The SMILES string of the molecule is CN(Cc1ccc(N)nc1)c1ncnc2sc([N+](=O)[O-])cc12. The van der Waals surface area contributed by atoms with Gasteiger partial charge in [0, 0.05) is 25.9 Å². The van der Waals surface area contributed by atoms with Gasteiger partial charge in [0.05, 0.1) is 10.3 Å². The quantitative estimate of drug-likeness (QED) is 0.580. The van der Waals surface area contributed by atoms with Gasteiger partial charge in [-0.2, -0.15) is 0 Å². The second-order valence-corrected chi connectivity index (χ2v) is 5.71. The van der Waals surface area contributed by atoms with E-state index < -0.39 is 4.92 Å². The number of nitro groups is 1. The molecule has 0 aromatic carbocycles. The lowest BCUT2D eigenvalue weighted by atomic mass is 10.2. The second-order valence-electron chi connectivity index (χ2n) is 4.71. The fourth-order valence-electron chi connectivity index (χ4n) is 2.10. The maximum Gasteiger partial charge on any atom is 0.326 e. The molecule has 0 amide bonds. The van der Waals surface area contributed by atoms with E-state index in [2.05, 4.69) is 15.0 Å². The minimum atomic E-state index is -0.417. The molecule has 3 rings (SSSR count). The van der Waals surface area contributed by atoms with Gasteiger partial charge in [-0.05, 0) is 23.0 Å². The first-order chi connectivity index (χ1) is 10.5. The van der Waals surface area contributed by atoms with Crippen molar-refractivity contribution in [2.24, 2.45) is 0 Å². The number of aromatic nitrogens is 3. The van der Waals surface area contributed by atoms with Crippen LogP contribution in [0.5, 0.6) is 0 Å². The third-order valence-electron chi connectivity index (χ3n) is 3.10. The highest BCUT2D eigenvalue weighted by Crippen LogP contribution is 2.34. The lowest BCUT2D eigenvalue weighted by molar-refractivity contribution is -0.380. The zero-order chi connectivity index (χ0) is 15.7. The Morgan fingerprint density at radius 2 is 2.18 bits per heavy atom. The van der Waals surface area contributed by atoms with E-state index in [1.54, 1.807) is 12.3 Å². The van der Waals surface area contributed by atoms with Gasteiger partial charge in [0.1, 0.15) is 22.8 Å². The molecule has 0 saturated carbocycles. The number of hydrogen-bond donors (Lipinski definition) is 1. The Bertz CT molecular complexity index is 832. The van der Waals surface area contributed by atoms with Crippen molar-refractivity contribution in [3.8, 4) is 0 Å². The number of anilines is 2. The van der Waals surface area contributed by atoms with Crippen molar-refractivity contribution in [3.63, 3.8) is 0 Å². The Balaban J connectivity index is 1.94. The number of hydrogen-bond acceptors (Lipinski definition) is 8. The molecule has 2 N–H and O–H groups in total. The summed E-state index contributed by atoms with van der Waals surface area (Å²) in [6, 6.07) is 5.12. The molecule has 0 radical (unpaired) electrons. The smallest absolute Gasteiger partial charge is 0.326 e. The highest BCUT2D eigenvalue weighted by atomic mass is 32.1. The average molecular weight is 316 g/mol. The van der Waals surface area contributed by atoms with Crippen LogP contribution in [0.15, 0.2) is 30.7 Å². The predicted molar refractivity (Wildman–Crippen MR) is 84.8 cm³/mol. The van der Waals surface area contributed by atoms with Crippen LogP contribution in [0.1, 0.15) is 5.56 Å². The predicted octanol–water partition coefficient (Wildman–Crippen LogP) is 2.21. The minimum Gasteiger partial charge on any atom is -0.384 e. The lowest BCUT2D eigenvalue weighted by Crippen LogP contribution is -2.18. The van der Waals surface area contributed by atoms with Gasteiger partial charge in [0.15, 0.2) is 0 Å². The van der Waals surface area contributed by atoms with E-state index in [0.717, 1.165) is 16.9 Å². The molecule has 0 aliphatic carbocycles. The molecule has 9 heteroatoms. The van der Waals surface area contributed by atoms with E-state index in [9.17, 15) is 10.1 Å². The van der Waals surface area contributed by atoms with Gasteiger partial charge in [-0.25, -0.2) is 15.0 Å². The van der Waals surface area contributed by atoms with Crippen LogP contribution in [-0.2, 0) is 6.54 Å². The standard InChI is InChI=1S/C13H12N6O2S/c1-18(6-8-2-3-10(14)15-5-8)12-9-4-11(19(20)21)22-13(9)17-7-16-12/h2-5,7H,6H2,1H3,(H2,14,15). The normalized spacial score (nSPS) is 10.8. The van der Waals surface area contributed by atoms with Gasteiger partial charge >= 0.3 is 5.00 Å². The average Bonchev–Trinajstić information content (AvgIpc) is 2.93. The first kappa shape index (κ1) is 14.1.